The minimum atomic E-state index is -4.08. The van der Waals surface area contributed by atoms with E-state index in [0.29, 0.717) is 5.56 Å². The Morgan fingerprint density at radius 3 is 2.32 bits per heavy atom. The van der Waals surface area contributed by atoms with E-state index in [1.54, 1.807) is 6.92 Å². The first kappa shape index (κ1) is 16.1. The zero-order valence-electron chi connectivity index (χ0n) is 11.6. The number of nitro groups is 1. The van der Waals surface area contributed by atoms with Crippen LogP contribution in [0.5, 0.6) is 0 Å². The average Bonchev–Trinajstić information content (AvgIpc) is 2.47. The molecule has 0 bridgehead atoms. The van der Waals surface area contributed by atoms with E-state index in [-0.39, 0.29) is 0 Å². The summed E-state index contributed by atoms with van der Waals surface area (Å²) < 4.78 is 39.9. The molecule has 0 aliphatic heterocycles. The summed E-state index contributed by atoms with van der Waals surface area (Å²) in [5, 5.41) is 10.9. The molecule has 0 aliphatic rings. The number of rotatable bonds is 5. The van der Waals surface area contributed by atoms with Gasteiger partial charge in [-0.25, -0.2) is 17.5 Å². The molecule has 0 amide bonds. The molecule has 0 fully saturated rings. The topological polar surface area (TPSA) is 89.3 Å². The first-order valence-electron chi connectivity index (χ1n) is 6.32. The number of sulfonamides is 1. The highest BCUT2D eigenvalue weighted by atomic mass is 32.2. The second kappa shape index (κ2) is 6.20. The molecule has 2 aromatic carbocycles. The van der Waals surface area contributed by atoms with Crippen LogP contribution in [0.4, 0.5) is 10.1 Å². The predicted octanol–water partition coefficient (Wildman–Crippen LogP) is 2.77. The third-order valence-electron chi connectivity index (χ3n) is 3.05. The molecule has 6 nitrogen and oxygen atoms in total. The quantitative estimate of drug-likeness (QED) is 0.676. The molecular formula is C14H13FN2O4S. The van der Waals surface area contributed by atoms with Crippen molar-refractivity contribution >= 4 is 15.7 Å². The zero-order valence-corrected chi connectivity index (χ0v) is 12.4. The Morgan fingerprint density at radius 2 is 1.73 bits per heavy atom. The molecule has 2 aromatic rings. The Balaban J connectivity index is 2.32. The lowest BCUT2D eigenvalue weighted by Crippen LogP contribution is -2.27. The maximum atomic E-state index is 12.9. The molecule has 1 N–H and O–H groups in total. The van der Waals surface area contributed by atoms with E-state index in [2.05, 4.69) is 4.72 Å². The van der Waals surface area contributed by atoms with E-state index in [0.717, 1.165) is 12.1 Å². The fraction of sp³-hybridized carbons (Fsp3) is 0.143. The van der Waals surface area contributed by atoms with Gasteiger partial charge in [-0.3, -0.25) is 10.1 Å². The number of nitro benzene ring substituents is 1. The standard InChI is InChI=1S/C14H13FN2O4S/c1-10(11-6-8-12(15)9-7-11)16-22(20,21)14-5-3-2-4-13(14)17(18)19/h2-10,16H,1H3. The lowest BCUT2D eigenvalue weighted by molar-refractivity contribution is -0.387. The van der Waals surface area contributed by atoms with Crippen LogP contribution in [0.3, 0.4) is 0 Å². The van der Waals surface area contributed by atoms with Crippen molar-refractivity contribution in [1.29, 1.82) is 0 Å². The van der Waals surface area contributed by atoms with Crippen LogP contribution in [0.1, 0.15) is 18.5 Å². The number of nitrogens with one attached hydrogen (secondary N) is 1. The summed E-state index contributed by atoms with van der Waals surface area (Å²) in [4.78, 5) is 9.77. The zero-order chi connectivity index (χ0) is 16.3. The molecule has 0 spiro atoms. The van der Waals surface area contributed by atoms with Crippen LogP contribution >= 0.6 is 0 Å². The Bertz CT molecular complexity index is 791. The van der Waals surface area contributed by atoms with Gasteiger partial charge in [0.05, 0.1) is 4.92 Å². The summed E-state index contributed by atoms with van der Waals surface area (Å²) in [6, 6.07) is 9.74. The number of hydrogen-bond acceptors (Lipinski definition) is 4. The number of nitrogens with zero attached hydrogens (tertiary/aromatic N) is 1. The van der Waals surface area contributed by atoms with Crippen molar-refractivity contribution in [2.24, 2.45) is 0 Å². The van der Waals surface area contributed by atoms with Gasteiger partial charge in [0, 0.05) is 12.1 Å². The highest BCUT2D eigenvalue weighted by molar-refractivity contribution is 7.89. The van der Waals surface area contributed by atoms with Gasteiger partial charge in [-0.1, -0.05) is 24.3 Å². The fourth-order valence-corrected chi connectivity index (χ4v) is 3.36. The Hall–Kier alpha value is -2.32. The predicted molar refractivity (Wildman–Crippen MR) is 78.2 cm³/mol. The second-order valence-electron chi connectivity index (χ2n) is 4.62. The number of para-hydroxylation sites is 1. The van der Waals surface area contributed by atoms with Crippen molar-refractivity contribution in [2.75, 3.05) is 0 Å². The third-order valence-corrected chi connectivity index (χ3v) is 4.64. The Kier molecular flexibility index (Phi) is 4.53. The van der Waals surface area contributed by atoms with E-state index in [1.165, 1.54) is 36.4 Å². The average molecular weight is 324 g/mol. The largest absolute Gasteiger partial charge is 0.289 e. The van der Waals surface area contributed by atoms with Crippen LogP contribution in [0.25, 0.3) is 0 Å². The summed E-state index contributed by atoms with van der Waals surface area (Å²) in [5.74, 6) is -0.433. The van der Waals surface area contributed by atoms with Crippen LogP contribution in [-0.4, -0.2) is 13.3 Å². The summed E-state index contributed by atoms with van der Waals surface area (Å²) in [6.45, 7) is 1.57. The van der Waals surface area contributed by atoms with E-state index in [9.17, 15) is 22.9 Å². The van der Waals surface area contributed by atoms with Gasteiger partial charge in [-0.05, 0) is 30.7 Å². The van der Waals surface area contributed by atoms with Crippen molar-refractivity contribution in [3.8, 4) is 0 Å². The van der Waals surface area contributed by atoms with Crippen LogP contribution in [0, 0.1) is 15.9 Å². The minimum Gasteiger partial charge on any atom is -0.258 e. The third kappa shape index (κ3) is 3.46. The van der Waals surface area contributed by atoms with Crippen LogP contribution < -0.4 is 4.72 Å². The summed E-state index contributed by atoms with van der Waals surface area (Å²) in [7, 11) is -4.08. The van der Waals surface area contributed by atoms with E-state index < -0.39 is 37.4 Å². The number of hydrogen-bond donors (Lipinski definition) is 1. The molecule has 0 radical (unpaired) electrons. The molecule has 0 aromatic heterocycles. The summed E-state index contributed by atoms with van der Waals surface area (Å²) in [5.41, 5.74) is 0.0462. The van der Waals surface area contributed by atoms with Gasteiger partial charge in [-0.15, -0.1) is 0 Å². The van der Waals surface area contributed by atoms with Crippen molar-refractivity contribution in [3.63, 3.8) is 0 Å². The molecule has 0 saturated heterocycles. The van der Waals surface area contributed by atoms with Gasteiger partial charge in [0.2, 0.25) is 10.0 Å². The van der Waals surface area contributed by atoms with Gasteiger partial charge < -0.3 is 0 Å². The van der Waals surface area contributed by atoms with Gasteiger partial charge in [0.1, 0.15) is 5.82 Å². The first-order chi connectivity index (χ1) is 10.3. The molecule has 2 rings (SSSR count). The van der Waals surface area contributed by atoms with Crippen molar-refractivity contribution in [2.45, 2.75) is 17.9 Å². The fourth-order valence-electron chi connectivity index (χ4n) is 1.95. The summed E-state index contributed by atoms with van der Waals surface area (Å²) in [6.07, 6.45) is 0. The lowest BCUT2D eigenvalue weighted by atomic mass is 10.1. The highest BCUT2D eigenvalue weighted by Crippen LogP contribution is 2.24. The smallest absolute Gasteiger partial charge is 0.258 e. The SMILES string of the molecule is CC(NS(=O)(=O)c1ccccc1[N+](=O)[O-])c1ccc(F)cc1. The minimum absolute atomic E-state index is 0.408. The molecule has 0 heterocycles. The van der Waals surface area contributed by atoms with Crippen LogP contribution in [0.15, 0.2) is 53.4 Å². The molecule has 0 aliphatic carbocycles. The molecule has 1 atom stereocenters. The van der Waals surface area contributed by atoms with Gasteiger partial charge >= 0.3 is 0 Å². The lowest BCUT2D eigenvalue weighted by Gasteiger charge is -2.14. The van der Waals surface area contributed by atoms with Gasteiger partial charge in [0.15, 0.2) is 4.90 Å². The monoisotopic (exact) mass is 324 g/mol. The maximum Gasteiger partial charge on any atom is 0.289 e. The van der Waals surface area contributed by atoms with Gasteiger partial charge in [-0.2, -0.15) is 0 Å². The molecule has 0 saturated carbocycles. The van der Waals surface area contributed by atoms with Gasteiger partial charge in [0.25, 0.3) is 5.69 Å². The normalized spacial score (nSPS) is 12.8. The van der Waals surface area contributed by atoms with E-state index in [1.807, 2.05) is 0 Å². The highest BCUT2D eigenvalue weighted by Gasteiger charge is 2.26. The molecule has 116 valence electrons. The Morgan fingerprint density at radius 1 is 1.14 bits per heavy atom. The van der Waals surface area contributed by atoms with E-state index in [4.69, 9.17) is 0 Å². The van der Waals surface area contributed by atoms with Crippen molar-refractivity contribution in [3.05, 3.63) is 70.0 Å². The number of benzene rings is 2. The van der Waals surface area contributed by atoms with Crippen molar-refractivity contribution < 1.29 is 17.7 Å². The first-order valence-corrected chi connectivity index (χ1v) is 7.81. The van der Waals surface area contributed by atoms with Crippen LogP contribution in [0.2, 0.25) is 0 Å². The molecular weight excluding hydrogens is 311 g/mol. The second-order valence-corrected chi connectivity index (χ2v) is 6.30. The van der Waals surface area contributed by atoms with Crippen LogP contribution in [-0.2, 0) is 10.0 Å². The molecule has 22 heavy (non-hydrogen) atoms. The number of halogens is 1. The molecule has 8 heteroatoms. The van der Waals surface area contributed by atoms with E-state index >= 15 is 0 Å². The Labute approximate surface area is 126 Å². The summed E-state index contributed by atoms with van der Waals surface area (Å²) >= 11 is 0. The molecule has 1 unspecified atom stereocenters. The maximum absolute atomic E-state index is 12.9. The van der Waals surface area contributed by atoms with Crippen molar-refractivity contribution in [1.82, 2.24) is 4.72 Å².